The van der Waals surface area contributed by atoms with Gasteiger partial charge in [-0.3, -0.25) is 0 Å². The van der Waals surface area contributed by atoms with Crippen LogP contribution in [-0.2, 0) is 13.2 Å². The lowest BCUT2D eigenvalue weighted by Crippen LogP contribution is -2.02. The normalized spacial score (nSPS) is 10.5. The number of carboxylic acids is 1. The van der Waals surface area contributed by atoms with Crippen molar-refractivity contribution in [2.75, 3.05) is 0 Å². The highest BCUT2D eigenvalue weighted by molar-refractivity contribution is 5.96. The molecule has 1 aromatic heterocycles. The Labute approximate surface area is 180 Å². The van der Waals surface area contributed by atoms with Crippen LogP contribution < -0.4 is 9.47 Å². The fraction of sp³-hybridized carbons (Fsp3) is 0.0769. The Bertz CT molecular complexity index is 1140. The molecule has 1 N–H and O–H groups in total. The fourth-order valence-electron chi connectivity index (χ4n) is 3.14. The first-order valence-corrected chi connectivity index (χ1v) is 9.86. The average Bonchev–Trinajstić information content (AvgIpc) is 2.83. The lowest BCUT2D eigenvalue weighted by Gasteiger charge is -2.12. The van der Waals surface area contributed by atoms with Gasteiger partial charge < -0.3 is 14.6 Å². The monoisotopic (exact) mass is 411 g/mol. The van der Waals surface area contributed by atoms with Crippen LogP contribution in [0.15, 0.2) is 97.2 Å². The van der Waals surface area contributed by atoms with Crippen LogP contribution in [0.3, 0.4) is 0 Å². The zero-order chi connectivity index (χ0) is 21.5. The molecule has 0 aliphatic carbocycles. The maximum atomic E-state index is 11.7. The molecular formula is C26H21NO4. The smallest absolute Gasteiger partial charge is 0.336 e. The average molecular weight is 411 g/mol. The summed E-state index contributed by atoms with van der Waals surface area (Å²) in [6, 6.07) is 28.1. The topological polar surface area (TPSA) is 68.7 Å². The number of nitrogens with zero attached hydrogens (tertiary/aromatic N) is 1. The summed E-state index contributed by atoms with van der Waals surface area (Å²) in [5.74, 6) is 0.0585. The highest BCUT2D eigenvalue weighted by atomic mass is 16.5. The second kappa shape index (κ2) is 9.59. The number of hydrogen-bond donors (Lipinski definition) is 1. The molecule has 0 atom stereocenters. The van der Waals surface area contributed by atoms with Gasteiger partial charge in [0.05, 0.1) is 5.56 Å². The number of ether oxygens (including phenoxy) is 2. The molecule has 0 aliphatic rings. The van der Waals surface area contributed by atoms with E-state index in [1.54, 1.807) is 36.5 Å². The van der Waals surface area contributed by atoms with Gasteiger partial charge in [-0.05, 0) is 35.4 Å². The summed E-state index contributed by atoms with van der Waals surface area (Å²) in [5, 5.41) is 9.60. The van der Waals surface area contributed by atoms with Crippen LogP contribution in [0.5, 0.6) is 11.6 Å². The predicted molar refractivity (Wildman–Crippen MR) is 118 cm³/mol. The summed E-state index contributed by atoms with van der Waals surface area (Å²) in [4.78, 5) is 16.1. The number of hydrogen-bond acceptors (Lipinski definition) is 4. The van der Waals surface area contributed by atoms with E-state index in [0.717, 1.165) is 11.1 Å². The van der Waals surface area contributed by atoms with Gasteiger partial charge in [0.1, 0.15) is 19.0 Å². The first kappa shape index (κ1) is 20.2. The quantitative estimate of drug-likeness (QED) is 0.408. The van der Waals surface area contributed by atoms with E-state index in [-0.39, 0.29) is 5.56 Å². The second-order valence-corrected chi connectivity index (χ2v) is 6.95. The predicted octanol–water partition coefficient (Wildman–Crippen LogP) is 5.60. The Morgan fingerprint density at radius 2 is 1.42 bits per heavy atom. The Morgan fingerprint density at radius 1 is 0.774 bits per heavy atom. The summed E-state index contributed by atoms with van der Waals surface area (Å²) in [6.45, 7) is 0.813. The van der Waals surface area contributed by atoms with Gasteiger partial charge >= 0.3 is 5.97 Å². The first-order chi connectivity index (χ1) is 15.2. The van der Waals surface area contributed by atoms with Gasteiger partial charge in [0.15, 0.2) is 0 Å². The van der Waals surface area contributed by atoms with Gasteiger partial charge in [-0.2, -0.15) is 0 Å². The van der Waals surface area contributed by atoms with Crippen LogP contribution in [-0.4, -0.2) is 16.1 Å². The number of benzene rings is 3. The van der Waals surface area contributed by atoms with E-state index in [9.17, 15) is 9.90 Å². The summed E-state index contributed by atoms with van der Waals surface area (Å²) in [5.41, 5.74) is 3.49. The van der Waals surface area contributed by atoms with Crippen molar-refractivity contribution in [3.05, 3.63) is 114 Å². The van der Waals surface area contributed by atoms with Gasteiger partial charge in [-0.1, -0.05) is 60.7 Å². The van der Waals surface area contributed by atoms with E-state index in [4.69, 9.17) is 9.47 Å². The molecule has 0 aliphatic heterocycles. The number of pyridine rings is 1. The molecular weight excluding hydrogens is 390 g/mol. The van der Waals surface area contributed by atoms with Crippen LogP contribution in [0, 0.1) is 0 Å². The molecule has 0 unspecified atom stereocenters. The van der Waals surface area contributed by atoms with Crippen molar-refractivity contribution >= 4 is 5.97 Å². The summed E-state index contributed by atoms with van der Waals surface area (Å²) >= 11 is 0. The van der Waals surface area contributed by atoms with Gasteiger partial charge in [-0.25, -0.2) is 9.78 Å². The fourth-order valence-corrected chi connectivity index (χ4v) is 3.14. The first-order valence-electron chi connectivity index (χ1n) is 9.86. The Hall–Kier alpha value is -4.12. The third-order valence-electron chi connectivity index (χ3n) is 4.75. The molecule has 4 aromatic rings. The van der Waals surface area contributed by atoms with E-state index < -0.39 is 5.97 Å². The van der Waals surface area contributed by atoms with Gasteiger partial charge in [0, 0.05) is 23.4 Å². The summed E-state index contributed by atoms with van der Waals surface area (Å²) in [7, 11) is 0. The molecule has 1 heterocycles. The molecule has 0 spiro atoms. The lowest BCUT2D eigenvalue weighted by atomic mass is 10.0. The molecule has 4 rings (SSSR count). The number of aromatic nitrogens is 1. The minimum atomic E-state index is -1.01. The Kier molecular flexibility index (Phi) is 6.24. The molecule has 0 saturated carbocycles. The van der Waals surface area contributed by atoms with E-state index in [2.05, 4.69) is 4.98 Å². The number of aromatic carboxylic acids is 1. The van der Waals surface area contributed by atoms with Gasteiger partial charge in [-0.15, -0.1) is 0 Å². The molecule has 0 radical (unpaired) electrons. The molecule has 5 nitrogen and oxygen atoms in total. The van der Waals surface area contributed by atoms with Crippen molar-refractivity contribution in [1.29, 1.82) is 0 Å². The molecule has 0 saturated heterocycles. The molecule has 5 heteroatoms. The maximum Gasteiger partial charge on any atom is 0.336 e. The van der Waals surface area contributed by atoms with Crippen molar-refractivity contribution in [3.63, 3.8) is 0 Å². The van der Waals surface area contributed by atoms with Crippen LogP contribution in [0.4, 0.5) is 0 Å². The van der Waals surface area contributed by atoms with E-state index in [1.165, 1.54) is 0 Å². The summed E-state index contributed by atoms with van der Waals surface area (Å²) < 4.78 is 11.6. The number of carboxylic acid groups (broad SMARTS) is 1. The molecule has 154 valence electrons. The molecule has 0 fully saturated rings. The van der Waals surface area contributed by atoms with Crippen molar-refractivity contribution in [1.82, 2.24) is 4.98 Å². The van der Waals surface area contributed by atoms with Crippen molar-refractivity contribution < 1.29 is 19.4 Å². The zero-order valence-electron chi connectivity index (χ0n) is 16.8. The zero-order valence-corrected chi connectivity index (χ0v) is 16.8. The van der Waals surface area contributed by atoms with Gasteiger partial charge in [0.2, 0.25) is 5.88 Å². The van der Waals surface area contributed by atoms with Crippen LogP contribution in [0.25, 0.3) is 11.1 Å². The third-order valence-corrected chi connectivity index (χ3v) is 4.75. The minimum absolute atomic E-state index is 0.187. The second-order valence-electron chi connectivity index (χ2n) is 6.95. The van der Waals surface area contributed by atoms with Crippen LogP contribution in [0.2, 0.25) is 0 Å². The third kappa shape index (κ3) is 5.28. The largest absolute Gasteiger partial charge is 0.489 e. The van der Waals surface area contributed by atoms with Crippen LogP contribution in [0.1, 0.15) is 21.5 Å². The Morgan fingerprint density at radius 3 is 2.00 bits per heavy atom. The highest BCUT2D eigenvalue weighted by Gasteiger charge is 2.14. The van der Waals surface area contributed by atoms with Gasteiger partial charge in [0.25, 0.3) is 0 Å². The van der Waals surface area contributed by atoms with Crippen molar-refractivity contribution in [3.8, 4) is 22.8 Å². The maximum absolute atomic E-state index is 11.7. The number of carbonyl (C=O) groups is 1. The van der Waals surface area contributed by atoms with Crippen molar-refractivity contribution in [2.45, 2.75) is 13.2 Å². The van der Waals surface area contributed by atoms with Crippen molar-refractivity contribution in [2.24, 2.45) is 0 Å². The summed E-state index contributed by atoms with van der Waals surface area (Å²) in [6.07, 6.45) is 1.61. The molecule has 31 heavy (non-hydrogen) atoms. The standard InChI is InChI=1S/C26H21NO4/c28-26(29)23-13-12-22(30-17-19-7-3-1-4-8-19)15-24(23)21-11-14-25(27-16-21)31-18-20-9-5-2-6-10-20/h1-16H,17-18H2,(H,28,29). The molecule has 3 aromatic carbocycles. The van der Waals surface area contributed by atoms with E-state index >= 15 is 0 Å². The lowest BCUT2D eigenvalue weighted by molar-refractivity contribution is 0.0697. The van der Waals surface area contributed by atoms with Crippen LogP contribution >= 0.6 is 0 Å². The molecule has 0 bridgehead atoms. The SMILES string of the molecule is O=C(O)c1ccc(OCc2ccccc2)cc1-c1ccc(OCc2ccccc2)nc1. The highest BCUT2D eigenvalue weighted by Crippen LogP contribution is 2.29. The minimum Gasteiger partial charge on any atom is -0.489 e. The molecule has 0 amide bonds. The number of rotatable bonds is 8. The van der Waals surface area contributed by atoms with E-state index in [1.807, 2.05) is 60.7 Å². The Balaban J connectivity index is 1.51. The van der Waals surface area contributed by atoms with E-state index in [0.29, 0.717) is 36.0 Å².